The van der Waals surface area contributed by atoms with Crippen molar-refractivity contribution < 1.29 is 4.79 Å². The summed E-state index contributed by atoms with van der Waals surface area (Å²) in [6, 6.07) is 17.9. The Labute approximate surface area is 134 Å². The molecule has 112 valence electrons. The van der Waals surface area contributed by atoms with Crippen LogP contribution < -0.4 is 5.32 Å². The molecule has 0 saturated carbocycles. The van der Waals surface area contributed by atoms with Crippen LogP contribution in [0.1, 0.15) is 17.0 Å². The maximum atomic E-state index is 12.2. The van der Waals surface area contributed by atoms with Gasteiger partial charge in [-0.1, -0.05) is 48.5 Å². The van der Waals surface area contributed by atoms with Crippen molar-refractivity contribution in [3.63, 3.8) is 0 Å². The summed E-state index contributed by atoms with van der Waals surface area (Å²) in [7, 11) is 0. The number of carbonyl (C=O) groups excluding carboxylic acids is 1. The molecule has 1 N–H and O–H groups in total. The lowest BCUT2D eigenvalue weighted by atomic mass is 10.1. The number of rotatable bonds is 3. The van der Waals surface area contributed by atoms with Crippen molar-refractivity contribution in [2.45, 2.75) is 6.54 Å². The van der Waals surface area contributed by atoms with Gasteiger partial charge in [0.05, 0.1) is 5.57 Å². The van der Waals surface area contributed by atoms with Gasteiger partial charge in [0.1, 0.15) is 5.82 Å². The third-order valence-electron chi connectivity index (χ3n) is 3.93. The van der Waals surface area contributed by atoms with Crippen LogP contribution in [0.2, 0.25) is 0 Å². The number of fused-ring (bicyclic) bond motifs is 1. The first-order valence-corrected chi connectivity index (χ1v) is 7.49. The third kappa shape index (κ3) is 2.55. The normalized spacial score (nSPS) is 14.8. The van der Waals surface area contributed by atoms with E-state index < -0.39 is 0 Å². The predicted molar refractivity (Wildman–Crippen MR) is 90.7 cm³/mol. The van der Waals surface area contributed by atoms with Crippen LogP contribution in [0.4, 0.5) is 5.69 Å². The van der Waals surface area contributed by atoms with E-state index in [1.807, 2.05) is 59.3 Å². The van der Waals surface area contributed by atoms with Gasteiger partial charge in [-0.3, -0.25) is 4.79 Å². The highest BCUT2D eigenvalue weighted by Crippen LogP contribution is 2.32. The molecule has 4 nitrogen and oxygen atoms in total. The average Bonchev–Trinajstić information content (AvgIpc) is 3.14. The number of hydrogen-bond acceptors (Lipinski definition) is 2. The van der Waals surface area contributed by atoms with Crippen LogP contribution in [0, 0.1) is 0 Å². The molecule has 1 aliphatic heterocycles. The van der Waals surface area contributed by atoms with Gasteiger partial charge in [-0.2, -0.15) is 0 Å². The SMILES string of the molecule is O=C1Nc2ccccc2/C1=C\c1nccn1Cc1ccccc1. The van der Waals surface area contributed by atoms with Crippen molar-refractivity contribution in [1.82, 2.24) is 9.55 Å². The van der Waals surface area contributed by atoms with Crippen molar-refractivity contribution in [2.24, 2.45) is 0 Å². The summed E-state index contributed by atoms with van der Waals surface area (Å²) in [4.78, 5) is 16.6. The molecule has 4 rings (SSSR count). The van der Waals surface area contributed by atoms with E-state index in [1.54, 1.807) is 6.20 Å². The topological polar surface area (TPSA) is 46.9 Å². The van der Waals surface area contributed by atoms with Crippen LogP contribution in [-0.4, -0.2) is 15.5 Å². The van der Waals surface area contributed by atoms with E-state index in [4.69, 9.17) is 0 Å². The van der Waals surface area contributed by atoms with Crippen molar-refractivity contribution in [1.29, 1.82) is 0 Å². The Kier molecular flexibility index (Phi) is 3.27. The number of hydrogen-bond donors (Lipinski definition) is 1. The quantitative estimate of drug-likeness (QED) is 0.753. The zero-order valence-corrected chi connectivity index (χ0v) is 12.4. The molecule has 0 fully saturated rings. The maximum Gasteiger partial charge on any atom is 0.256 e. The number of nitrogens with one attached hydrogen (secondary N) is 1. The average molecular weight is 301 g/mol. The number of aromatic nitrogens is 2. The molecule has 2 aromatic carbocycles. The van der Waals surface area contributed by atoms with Gasteiger partial charge in [0, 0.05) is 30.2 Å². The molecule has 3 aromatic rings. The Morgan fingerprint density at radius 1 is 1.04 bits per heavy atom. The van der Waals surface area contributed by atoms with E-state index in [0.717, 1.165) is 23.6 Å². The molecule has 4 heteroatoms. The van der Waals surface area contributed by atoms with Gasteiger partial charge in [0.15, 0.2) is 0 Å². The Bertz CT molecular complexity index is 894. The second-order valence-corrected chi connectivity index (χ2v) is 5.46. The number of benzene rings is 2. The highest BCUT2D eigenvalue weighted by molar-refractivity contribution is 6.34. The number of nitrogens with zero attached hydrogens (tertiary/aromatic N) is 2. The molecule has 1 aliphatic rings. The standard InChI is InChI=1S/C19H15N3O/c23-19-16(15-8-4-5-9-17(15)21-19)12-18-20-10-11-22(18)13-14-6-2-1-3-7-14/h1-12H,13H2,(H,21,23)/b16-12+. The Balaban J connectivity index is 1.70. The van der Waals surface area contributed by atoms with E-state index in [9.17, 15) is 4.79 Å². The van der Waals surface area contributed by atoms with E-state index >= 15 is 0 Å². The fourth-order valence-electron chi connectivity index (χ4n) is 2.79. The van der Waals surface area contributed by atoms with Crippen LogP contribution in [0.3, 0.4) is 0 Å². The number of amides is 1. The molecule has 0 radical (unpaired) electrons. The van der Waals surface area contributed by atoms with Gasteiger partial charge in [-0.25, -0.2) is 4.98 Å². The molecule has 0 unspecified atom stereocenters. The molecular weight excluding hydrogens is 286 g/mol. The van der Waals surface area contributed by atoms with Gasteiger partial charge in [0.2, 0.25) is 0 Å². The van der Waals surface area contributed by atoms with Crippen LogP contribution in [0.25, 0.3) is 11.6 Å². The lowest BCUT2D eigenvalue weighted by Crippen LogP contribution is -2.05. The van der Waals surface area contributed by atoms with E-state index in [0.29, 0.717) is 5.57 Å². The van der Waals surface area contributed by atoms with Crippen LogP contribution in [0.15, 0.2) is 67.0 Å². The largest absolute Gasteiger partial charge is 0.327 e. The minimum Gasteiger partial charge on any atom is -0.327 e. The van der Waals surface area contributed by atoms with E-state index in [-0.39, 0.29) is 5.91 Å². The van der Waals surface area contributed by atoms with Crippen LogP contribution in [0.5, 0.6) is 0 Å². The summed E-state index contributed by atoms with van der Waals surface area (Å²) in [6.45, 7) is 0.725. The van der Waals surface area contributed by atoms with Crippen molar-refractivity contribution in [2.75, 3.05) is 5.32 Å². The molecule has 0 saturated heterocycles. The predicted octanol–water partition coefficient (Wildman–Crippen LogP) is 3.42. The van der Waals surface area contributed by atoms with Crippen LogP contribution in [-0.2, 0) is 11.3 Å². The number of imidazole rings is 1. The summed E-state index contributed by atoms with van der Waals surface area (Å²) < 4.78 is 2.04. The first-order chi connectivity index (χ1) is 11.3. The highest BCUT2D eigenvalue weighted by atomic mass is 16.2. The van der Waals surface area contributed by atoms with Gasteiger partial charge < -0.3 is 9.88 Å². The number of anilines is 1. The summed E-state index contributed by atoms with van der Waals surface area (Å²) in [6.07, 6.45) is 5.54. The second-order valence-electron chi connectivity index (χ2n) is 5.46. The van der Waals surface area contributed by atoms with E-state index in [2.05, 4.69) is 22.4 Å². The molecule has 1 amide bonds. The molecule has 0 aliphatic carbocycles. The summed E-state index contributed by atoms with van der Waals surface area (Å²) in [5.41, 5.74) is 3.62. The van der Waals surface area contributed by atoms with Gasteiger partial charge in [0.25, 0.3) is 5.91 Å². The third-order valence-corrected chi connectivity index (χ3v) is 3.93. The van der Waals surface area contributed by atoms with Gasteiger partial charge in [-0.05, 0) is 17.7 Å². The molecular formula is C19H15N3O. The fourth-order valence-corrected chi connectivity index (χ4v) is 2.79. The minimum absolute atomic E-state index is 0.0829. The zero-order chi connectivity index (χ0) is 15.6. The summed E-state index contributed by atoms with van der Waals surface area (Å²) >= 11 is 0. The monoisotopic (exact) mass is 301 g/mol. The van der Waals surface area contributed by atoms with Crippen molar-refractivity contribution >= 4 is 23.2 Å². The molecule has 23 heavy (non-hydrogen) atoms. The molecule has 0 spiro atoms. The lowest BCUT2D eigenvalue weighted by Gasteiger charge is -2.06. The Hall–Kier alpha value is -3.14. The smallest absolute Gasteiger partial charge is 0.256 e. The number of carbonyl (C=O) groups is 1. The first-order valence-electron chi connectivity index (χ1n) is 7.49. The summed E-state index contributed by atoms with van der Waals surface area (Å²) in [5.74, 6) is 0.691. The van der Waals surface area contributed by atoms with Crippen molar-refractivity contribution in [3.8, 4) is 0 Å². The van der Waals surface area contributed by atoms with Crippen molar-refractivity contribution in [3.05, 3.63) is 83.9 Å². The molecule has 1 aromatic heterocycles. The first kappa shape index (κ1) is 13.5. The van der Waals surface area contributed by atoms with Gasteiger partial charge in [-0.15, -0.1) is 0 Å². The zero-order valence-electron chi connectivity index (χ0n) is 12.4. The fraction of sp³-hybridized carbons (Fsp3) is 0.0526. The maximum absolute atomic E-state index is 12.2. The minimum atomic E-state index is -0.0829. The van der Waals surface area contributed by atoms with Gasteiger partial charge >= 0.3 is 0 Å². The Morgan fingerprint density at radius 2 is 1.83 bits per heavy atom. The highest BCUT2D eigenvalue weighted by Gasteiger charge is 2.23. The summed E-state index contributed by atoms with van der Waals surface area (Å²) in [5, 5.41) is 2.88. The lowest BCUT2D eigenvalue weighted by molar-refractivity contribution is -0.110. The molecule has 0 atom stereocenters. The van der Waals surface area contributed by atoms with E-state index in [1.165, 1.54) is 5.56 Å². The number of para-hydroxylation sites is 1. The molecule has 0 bridgehead atoms. The molecule has 2 heterocycles. The Morgan fingerprint density at radius 3 is 2.70 bits per heavy atom. The van der Waals surface area contributed by atoms with Crippen LogP contribution >= 0.6 is 0 Å². The second kappa shape index (κ2) is 5.57.